The number of hydrogen-bond donors (Lipinski definition) is 1. The molecule has 2 aromatic rings. The van der Waals surface area contributed by atoms with E-state index < -0.39 is 15.9 Å². The van der Waals surface area contributed by atoms with Crippen molar-refractivity contribution in [3.8, 4) is 0 Å². The molecule has 0 spiro atoms. The van der Waals surface area contributed by atoms with Crippen molar-refractivity contribution < 1.29 is 13.2 Å². The van der Waals surface area contributed by atoms with Crippen molar-refractivity contribution in [1.29, 1.82) is 0 Å². The Hall–Kier alpha value is -1.31. The number of carbonyl (C=O) groups excluding carboxylic acids is 1. The lowest BCUT2D eigenvalue weighted by Crippen LogP contribution is -2.30. The number of sulfonamides is 1. The molecule has 0 aliphatic rings. The van der Waals surface area contributed by atoms with Gasteiger partial charge >= 0.3 is 0 Å². The minimum atomic E-state index is -3.76. The molecule has 0 aliphatic heterocycles. The second-order valence-corrected chi connectivity index (χ2v) is 8.47. The molecule has 0 saturated heterocycles. The Labute approximate surface area is 167 Å². The van der Waals surface area contributed by atoms with Crippen LogP contribution in [0.2, 0.25) is 15.1 Å². The van der Waals surface area contributed by atoms with E-state index in [-0.39, 0.29) is 26.2 Å². The second-order valence-electron chi connectivity index (χ2n) is 5.31. The molecule has 0 aromatic heterocycles. The van der Waals surface area contributed by atoms with E-state index in [1.54, 1.807) is 19.9 Å². The Morgan fingerprint density at radius 1 is 1.00 bits per heavy atom. The highest BCUT2D eigenvalue weighted by Gasteiger charge is 2.25. The van der Waals surface area contributed by atoms with Crippen LogP contribution in [0.5, 0.6) is 0 Å². The molecule has 2 aromatic carbocycles. The summed E-state index contributed by atoms with van der Waals surface area (Å²) in [5.74, 6) is -0.486. The fourth-order valence-electron chi connectivity index (χ4n) is 2.35. The maximum Gasteiger partial charge on any atom is 0.257 e. The Morgan fingerprint density at radius 2 is 1.65 bits per heavy atom. The van der Waals surface area contributed by atoms with Gasteiger partial charge in [-0.1, -0.05) is 48.7 Å². The fourth-order valence-corrected chi connectivity index (χ4v) is 4.81. The van der Waals surface area contributed by atoms with Crippen molar-refractivity contribution in [2.45, 2.75) is 18.7 Å². The summed E-state index contributed by atoms with van der Waals surface area (Å²) in [5.41, 5.74) is 0.510. The van der Waals surface area contributed by atoms with E-state index in [1.165, 1.54) is 34.6 Å². The highest BCUT2D eigenvalue weighted by Crippen LogP contribution is 2.28. The minimum Gasteiger partial charge on any atom is -0.322 e. The second kappa shape index (κ2) is 8.59. The van der Waals surface area contributed by atoms with Gasteiger partial charge in [-0.3, -0.25) is 4.79 Å². The number of rotatable bonds is 6. The number of carbonyl (C=O) groups is 1. The van der Waals surface area contributed by atoms with Crippen molar-refractivity contribution in [3.63, 3.8) is 0 Å². The molecule has 140 valence electrons. The summed E-state index contributed by atoms with van der Waals surface area (Å²) >= 11 is 17.9. The summed E-state index contributed by atoms with van der Waals surface area (Å²) in [5, 5.41) is 3.31. The van der Waals surface area contributed by atoms with Crippen LogP contribution in [0.15, 0.2) is 41.3 Å². The average Bonchev–Trinajstić information content (AvgIpc) is 2.57. The molecule has 26 heavy (non-hydrogen) atoms. The number of hydrogen-bond acceptors (Lipinski definition) is 3. The average molecular weight is 436 g/mol. The van der Waals surface area contributed by atoms with Gasteiger partial charge in [0.25, 0.3) is 5.91 Å². The standard InChI is InChI=1S/C17H17Cl3N2O3S/c1-3-22(4-2)26(24,25)16-10-12(6-8-14(16)19)21-17(23)13-7-5-11(18)9-15(13)20/h5-10H,3-4H2,1-2H3,(H,21,23). The molecule has 0 aliphatic carbocycles. The van der Waals surface area contributed by atoms with Crippen LogP contribution in [-0.2, 0) is 10.0 Å². The summed E-state index contributed by atoms with van der Waals surface area (Å²) in [6.45, 7) is 4.10. The van der Waals surface area contributed by atoms with Gasteiger partial charge in [0.05, 0.1) is 15.6 Å². The predicted molar refractivity (Wildman–Crippen MR) is 106 cm³/mol. The van der Waals surface area contributed by atoms with Gasteiger partial charge in [-0.2, -0.15) is 4.31 Å². The molecule has 0 saturated carbocycles. The topological polar surface area (TPSA) is 66.5 Å². The fraction of sp³-hybridized carbons (Fsp3) is 0.235. The minimum absolute atomic E-state index is 0.0668. The molecule has 1 amide bonds. The highest BCUT2D eigenvalue weighted by atomic mass is 35.5. The predicted octanol–water partition coefficient (Wildman–Crippen LogP) is 4.93. The van der Waals surface area contributed by atoms with Gasteiger partial charge in [0, 0.05) is 23.8 Å². The third-order valence-electron chi connectivity index (χ3n) is 3.69. The monoisotopic (exact) mass is 434 g/mol. The van der Waals surface area contributed by atoms with E-state index in [4.69, 9.17) is 34.8 Å². The van der Waals surface area contributed by atoms with Gasteiger partial charge in [-0.05, 0) is 36.4 Å². The van der Waals surface area contributed by atoms with E-state index in [0.717, 1.165) is 0 Å². The van der Waals surface area contributed by atoms with Gasteiger partial charge in [0.1, 0.15) is 4.90 Å². The van der Waals surface area contributed by atoms with E-state index in [9.17, 15) is 13.2 Å². The molecule has 1 N–H and O–H groups in total. The van der Waals surface area contributed by atoms with Crippen LogP contribution in [-0.4, -0.2) is 31.7 Å². The number of nitrogens with zero attached hydrogens (tertiary/aromatic N) is 1. The maximum absolute atomic E-state index is 12.7. The zero-order valence-corrected chi connectivity index (χ0v) is 17.2. The van der Waals surface area contributed by atoms with Crippen LogP contribution in [0.3, 0.4) is 0 Å². The molecular weight excluding hydrogens is 419 g/mol. The van der Waals surface area contributed by atoms with Crippen molar-refractivity contribution >= 4 is 56.4 Å². The molecule has 0 unspecified atom stereocenters. The highest BCUT2D eigenvalue weighted by molar-refractivity contribution is 7.89. The van der Waals surface area contributed by atoms with Gasteiger partial charge in [0.15, 0.2) is 0 Å². The van der Waals surface area contributed by atoms with Crippen LogP contribution in [0.25, 0.3) is 0 Å². The number of anilines is 1. The van der Waals surface area contributed by atoms with Crippen LogP contribution < -0.4 is 5.32 Å². The van der Waals surface area contributed by atoms with Gasteiger partial charge in [-0.25, -0.2) is 8.42 Å². The van der Waals surface area contributed by atoms with Gasteiger partial charge < -0.3 is 5.32 Å². The summed E-state index contributed by atoms with van der Waals surface area (Å²) in [6.07, 6.45) is 0. The first-order valence-electron chi connectivity index (χ1n) is 7.76. The SMILES string of the molecule is CCN(CC)S(=O)(=O)c1cc(NC(=O)c2ccc(Cl)cc2Cl)ccc1Cl. The quantitative estimate of drug-likeness (QED) is 0.699. The third-order valence-corrected chi connectivity index (χ3v) is 6.77. The largest absolute Gasteiger partial charge is 0.322 e. The first kappa shape index (κ1) is 21.0. The molecule has 2 rings (SSSR count). The molecule has 5 nitrogen and oxygen atoms in total. The molecule has 0 atom stereocenters. The Balaban J connectivity index is 2.36. The summed E-state index contributed by atoms with van der Waals surface area (Å²) in [6, 6.07) is 8.76. The smallest absolute Gasteiger partial charge is 0.257 e. The van der Waals surface area contributed by atoms with E-state index >= 15 is 0 Å². The van der Waals surface area contributed by atoms with E-state index in [2.05, 4.69) is 5.32 Å². The van der Waals surface area contributed by atoms with Crippen molar-refractivity contribution in [3.05, 3.63) is 57.0 Å². The molecular formula is C17H17Cl3N2O3S. The summed E-state index contributed by atoms with van der Waals surface area (Å²) in [7, 11) is -3.76. The third kappa shape index (κ3) is 4.50. The number of amides is 1. The molecule has 0 fully saturated rings. The zero-order chi connectivity index (χ0) is 19.5. The first-order valence-corrected chi connectivity index (χ1v) is 10.3. The Morgan fingerprint density at radius 3 is 2.23 bits per heavy atom. The van der Waals surface area contributed by atoms with Crippen LogP contribution in [0.4, 0.5) is 5.69 Å². The van der Waals surface area contributed by atoms with E-state index in [1.807, 2.05) is 0 Å². The molecule has 9 heteroatoms. The van der Waals surface area contributed by atoms with Crippen LogP contribution in [0.1, 0.15) is 24.2 Å². The van der Waals surface area contributed by atoms with Gasteiger partial charge in [0.2, 0.25) is 10.0 Å². The molecule has 0 bridgehead atoms. The molecule has 0 radical (unpaired) electrons. The Bertz CT molecular complexity index is 929. The number of nitrogens with one attached hydrogen (secondary N) is 1. The Kier molecular flexibility index (Phi) is 6.93. The van der Waals surface area contributed by atoms with Gasteiger partial charge in [-0.15, -0.1) is 0 Å². The lowest BCUT2D eigenvalue weighted by molar-refractivity contribution is 0.102. The maximum atomic E-state index is 12.7. The van der Waals surface area contributed by atoms with E-state index in [0.29, 0.717) is 18.1 Å². The lowest BCUT2D eigenvalue weighted by Gasteiger charge is -2.19. The normalized spacial score (nSPS) is 11.6. The summed E-state index contributed by atoms with van der Waals surface area (Å²) in [4.78, 5) is 12.3. The van der Waals surface area contributed by atoms with Crippen LogP contribution in [0, 0.1) is 0 Å². The lowest BCUT2D eigenvalue weighted by atomic mass is 10.2. The van der Waals surface area contributed by atoms with Crippen molar-refractivity contribution in [1.82, 2.24) is 4.31 Å². The first-order chi connectivity index (χ1) is 12.2. The van der Waals surface area contributed by atoms with Crippen molar-refractivity contribution in [2.24, 2.45) is 0 Å². The van der Waals surface area contributed by atoms with Crippen molar-refractivity contribution in [2.75, 3.05) is 18.4 Å². The van der Waals surface area contributed by atoms with Crippen LogP contribution >= 0.6 is 34.8 Å². The zero-order valence-electron chi connectivity index (χ0n) is 14.1. The molecule has 0 heterocycles. The summed E-state index contributed by atoms with van der Waals surface area (Å²) < 4.78 is 26.7. The number of benzene rings is 2. The number of halogens is 3.